The number of hydrogen-bond donors (Lipinski definition) is 1. The summed E-state index contributed by atoms with van der Waals surface area (Å²) in [4.78, 5) is 28.9. The minimum atomic E-state index is -4.74. The number of thiazole rings is 1. The van der Waals surface area contributed by atoms with Crippen LogP contribution in [0.5, 0.6) is 0 Å². The number of carboxylic acids is 1. The Balaban J connectivity index is 1.70. The van der Waals surface area contributed by atoms with E-state index in [1.165, 1.54) is 16.7 Å². The quantitative estimate of drug-likeness (QED) is 0.269. The van der Waals surface area contributed by atoms with E-state index < -0.39 is 29.1 Å². The Hall–Kier alpha value is -3.18. The molecule has 4 rings (SSSR count). The maximum absolute atomic E-state index is 14.4. The van der Waals surface area contributed by atoms with Crippen LogP contribution < -0.4 is 0 Å². The van der Waals surface area contributed by atoms with E-state index in [1.54, 1.807) is 12.1 Å². The number of aromatic nitrogens is 1. The zero-order valence-electron chi connectivity index (χ0n) is 15.3. The first-order valence-electron chi connectivity index (χ1n) is 8.66. The fourth-order valence-corrected chi connectivity index (χ4v) is 4.94. The summed E-state index contributed by atoms with van der Waals surface area (Å²) in [6.45, 7) is -0.227. The Morgan fingerprint density at radius 3 is 2.52 bits per heavy atom. The second kappa shape index (κ2) is 7.82. The topological polar surface area (TPSA) is 70.3 Å². The molecule has 0 saturated heterocycles. The predicted molar refractivity (Wildman–Crippen MR) is 108 cm³/mol. The molecule has 0 spiro atoms. The highest BCUT2D eigenvalue weighted by Gasteiger charge is 2.34. The summed E-state index contributed by atoms with van der Waals surface area (Å²) in [7, 11) is 0. The van der Waals surface area contributed by atoms with Crippen LogP contribution in [0.3, 0.4) is 0 Å². The molecule has 1 N–H and O–H groups in total. The van der Waals surface area contributed by atoms with Gasteiger partial charge in [-0.15, -0.1) is 11.3 Å². The van der Waals surface area contributed by atoms with Crippen LogP contribution >= 0.6 is 22.7 Å². The number of thiophene rings is 1. The first-order chi connectivity index (χ1) is 14.6. The van der Waals surface area contributed by atoms with Crippen molar-refractivity contribution in [3.05, 3.63) is 74.7 Å². The SMILES string of the molecule is O=C(O)c1c(-c2ccc(C(F)(F)F)cc2F)csc1[N+](=O)Cc1nc2ccccc2s1. The van der Waals surface area contributed by atoms with Crippen LogP contribution in [-0.2, 0) is 12.7 Å². The lowest BCUT2D eigenvalue weighted by atomic mass is 10.0. The van der Waals surface area contributed by atoms with Gasteiger partial charge in [0.1, 0.15) is 5.82 Å². The number of nitrogens with zero attached hydrogens (tertiary/aromatic N) is 2. The third-order valence-corrected chi connectivity index (χ3v) is 6.42. The normalized spacial score (nSPS) is 11.7. The van der Waals surface area contributed by atoms with Crippen LogP contribution in [0.4, 0.5) is 22.6 Å². The van der Waals surface area contributed by atoms with E-state index in [4.69, 9.17) is 0 Å². The number of carbonyl (C=O) groups is 1. The van der Waals surface area contributed by atoms with Crippen molar-refractivity contribution in [3.8, 4) is 11.1 Å². The van der Waals surface area contributed by atoms with Crippen molar-refractivity contribution in [3.63, 3.8) is 0 Å². The Morgan fingerprint density at radius 2 is 1.87 bits per heavy atom. The zero-order chi connectivity index (χ0) is 22.3. The molecule has 0 atom stereocenters. The fourth-order valence-electron chi connectivity index (χ4n) is 3.03. The number of aromatic carboxylic acids is 1. The van der Waals surface area contributed by atoms with Crippen molar-refractivity contribution >= 4 is 43.9 Å². The zero-order valence-corrected chi connectivity index (χ0v) is 16.9. The van der Waals surface area contributed by atoms with E-state index in [1.807, 2.05) is 12.1 Å². The van der Waals surface area contributed by atoms with Crippen molar-refractivity contribution in [1.82, 2.24) is 4.98 Å². The number of halogens is 4. The molecule has 0 amide bonds. The molecule has 31 heavy (non-hydrogen) atoms. The molecule has 5 nitrogen and oxygen atoms in total. The predicted octanol–water partition coefficient (Wildman–Crippen LogP) is 6.49. The summed E-state index contributed by atoms with van der Waals surface area (Å²) in [6.07, 6.45) is -4.74. The van der Waals surface area contributed by atoms with Gasteiger partial charge in [0.25, 0.3) is 6.54 Å². The second-order valence-electron chi connectivity index (χ2n) is 6.44. The van der Waals surface area contributed by atoms with Crippen LogP contribution in [-0.4, -0.2) is 20.8 Å². The van der Waals surface area contributed by atoms with Crippen molar-refractivity contribution in [1.29, 1.82) is 0 Å². The summed E-state index contributed by atoms with van der Waals surface area (Å²) in [5.74, 6) is -2.72. The van der Waals surface area contributed by atoms with E-state index in [0.717, 1.165) is 22.1 Å². The van der Waals surface area contributed by atoms with Crippen molar-refractivity contribution < 1.29 is 32.2 Å². The molecular weight excluding hydrogens is 456 g/mol. The average molecular weight is 467 g/mol. The molecule has 158 valence electrons. The van der Waals surface area contributed by atoms with Gasteiger partial charge in [-0.25, -0.2) is 14.2 Å². The molecule has 11 heteroatoms. The molecule has 2 heterocycles. The molecule has 2 aromatic heterocycles. The summed E-state index contributed by atoms with van der Waals surface area (Å²) in [5.41, 5.74) is -1.46. The highest BCUT2D eigenvalue weighted by atomic mass is 32.1. The fraction of sp³-hybridized carbons (Fsp3) is 0.100. The number of benzene rings is 2. The number of hydrogen-bond acceptors (Lipinski definition) is 5. The first kappa shape index (κ1) is 21.1. The monoisotopic (exact) mass is 467 g/mol. The summed E-state index contributed by atoms with van der Waals surface area (Å²) < 4.78 is 54.1. The number of alkyl halides is 3. The van der Waals surface area contributed by atoms with Gasteiger partial charge in [-0.1, -0.05) is 29.5 Å². The summed E-state index contributed by atoms with van der Waals surface area (Å²) in [5, 5.41) is 11.1. The van der Waals surface area contributed by atoms with Gasteiger partial charge in [-0.05, 0) is 24.3 Å². The third-order valence-electron chi connectivity index (χ3n) is 4.42. The van der Waals surface area contributed by atoms with Gasteiger partial charge in [-0.3, -0.25) is 0 Å². The lowest BCUT2D eigenvalue weighted by Gasteiger charge is -2.09. The van der Waals surface area contributed by atoms with Crippen molar-refractivity contribution in [2.45, 2.75) is 12.7 Å². The van der Waals surface area contributed by atoms with Gasteiger partial charge in [0.05, 0.1) is 20.5 Å². The summed E-state index contributed by atoms with van der Waals surface area (Å²) >= 11 is 2.05. The van der Waals surface area contributed by atoms with Crippen LogP contribution in [0.2, 0.25) is 0 Å². The van der Waals surface area contributed by atoms with Gasteiger partial charge < -0.3 is 5.11 Å². The Bertz CT molecular complexity index is 1290. The minimum Gasteiger partial charge on any atom is -0.477 e. The molecule has 4 aromatic rings. The molecule has 0 radical (unpaired) electrons. The molecule has 0 bridgehead atoms. The molecule has 0 saturated carbocycles. The molecule has 0 fully saturated rings. The van der Waals surface area contributed by atoms with Gasteiger partial charge in [0.2, 0.25) is 0 Å². The maximum atomic E-state index is 14.4. The smallest absolute Gasteiger partial charge is 0.416 e. The third kappa shape index (κ3) is 4.06. The maximum Gasteiger partial charge on any atom is 0.416 e. The van der Waals surface area contributed by atoms with E-state index in [0.29, 0.717) is 27.4 Å². The highest BCUT2D eigenvalue weighted by Crippen LogP contribution is 2.40. The molecule has 0 aliphatic carbocycles. The molecule has 0 unspecified atom stereocenters. The second-order valence-corrected chi connectivity index (χ2v) is 8.41. The van der Waals surface area contributed by atoms with Crippen LogP contribution in [0.15, 0.2) is 47.8 Å². The van der Waals surface area contributed by atoms with E-state index >= 15 is 0 Å². The molecule has 2 aromatic carbocycles. The highest BCUT2D eigenvalue weighted by molar-refractivity contribution is 7.18. The van der Waals surface area contributed by atoms with E-state index in [9.17, 15) is 32.4 Å². The molecule has 0 aliphatic heterocycles. The summed E-state index contributed by atoms with van der Waals surface area (Å²) in [6, 6.07) is 9.07. The number of fused-ring (bicyclic) bond motifs is 1. The van der Waals surface area contributed by atoms with Gasteiger partial charge in [0, 0.05) is 21.4 Å². The largest absolute Gasteiger partial charge is 0.477 e. The van der Waals surface area contributed by atoms with Gasteiger partial charge >= 0.3 is 17.1 Å². The Kier molecular flexibility index (Phi) is 5.31. The van der Waals surface area contributed by atoms with Gasteiger partial charge in [-0.2, -0.15) is 13.2 Å². The lowest BCUT2D eigenvalue weighted by molar-refractivity contribution is -0.476. The molecule has 0 aliphatic rings. The van der Waals surface area contributed by atoms with Crippen molar-refractivity contribution in [2.75, 3.05) is 0 Å². The van der Waals surface area contributed by atoms with E-state index in [2.05, 4.69) is 4.98 Å². The van der Waals surface area contributed by atoms with Crippen LogP contribution in [0.1, 0.15) is 20.9 Å². The Labute approximate surface area is 179 Å². The van der Waals surface area contributed by atoms with Crippen molar-refractivity contribution in [2.24, 2.45) is 0 Å². The Morgan fingerprint density at radius 1 is 1.13 bits per heavy atom. The average Bonchev–Trinajstić information content (AvgIpc) is 3.30. The van der Waals surface area contributed by atoms with Gasteiger partial charge in [0.15, 0.2) is 10.6 Å². The van der Waals surface area contributed by atoms with E-state index in [-0.39, 0.29) is 22.7 Å². The number of carboxylic acid groups (broad SMARTS) is 1. The number of rotatable bonds is 5. The first-order valence-corrected chi connectivity index (χ1v) is 10.4. The standard InChI is InChI=1S/C20H10F4N2O3S2/c21-13-7-10(20(22,23)24)5-6-11(13)12-9-30-18(17(12)19(27)28)26(29)8-16-25-14-3-1-2-4-15(14)31-16/h1-7,9H,8H2/p+1. The van der Waals surface area contributed by atoms with Crippen LogP contribution in [0, 0.1) is 10.7 Å². The number of para-hydroxylation sites is 1. The lowest BCUT2D eigenvalue weighted by Crippen LogP contribution is -2.07. The number of nitroso groups, excluding NO2 is 1. The van der Waals surface area contributed by atoms with Crippen LogP contribution in [0.25, 0.3) is 21.3 Å². The minimum absolute atomic E-state index is 0.163. The molecular formula is C20H11F4N2O3S2+.